The minimum absolute atomic E-state index is 0.0139. The Hall–Kier alpha value is -2.04. The fourth-order valence-electron chi connectivity index (χ4n) is 4.40. The second kappa shape index (κ2) is 8.37. The number of aromatic nitrogens is 1. The standard InChI is InChI=1S/C19H28N4O5S/c1-21(2)29(27,28)23-12-16-11-22(13-19(16,14-23)8-7-18(25)26)17(24)6-5-15-4-3-9-20-10-15/h3-4,9-10,16H,5-8,11-14H2,1-2H3,(H,25,26). The number of hydrogen-bond acceptors (Lipinski definition) is 5. The van der Waals surface area contributed by atoms with Crippen LogP contribution in [-0.4, -0.2) is 84.2 Å². The van der Waals surface area contributed by atoms with Crippen LogP contribution in [0.25, 0.3) is 0 Å². The van der Waals surface area contributed by atoms with Crippen molar-refractivity contribution in [2.75, 3.05) is 40.3 Å². The summed E-state index contributed by atoms with van der Waals surface area (Å²) >= 11 is 0. The van der Waals surface area contributed by atoms with Crippen LogP contribution in [0, 0.1) is 11.3 Å². The number of aliphatic carboxylic acids is 1. The number of nitrogens with zero attached hydrogens (tertiary/aromatic N) is 4. The molecule has 0 radical (unpaired) electrons. The van der Waals surface area contributed by atoms with Crippen molar-refractivity contribution in [3.05, 3.63) is 30.1 Å². The quantitative estimate of drug-likeness (QED) is 0.648. The average Bonchev–Trinajstić information content (AvgIpc) is 3.20. The second-order valence-corrected chi connectivity index (χ2v) is 10.3. The van der Waals surface area contributed by atoms with E-state index in [-0.39, 0.29) is 24.8 Å². The van der Waals surface area contributed by atoms with Crippen LogP contribution < -0.4 is 0 Å². The Morgan fingerprint density at radius 3 is 2.66 bits per heavy atom. The van der Waals surface area contributed by atoms with Crippen LogP contribution in [0.1, 0.15) is 24.8 Å². The van der Waals surface area contributed by atoms with Crippen LogP contribution in [0.2, 0.25) is 0 Å². The van der Waals surface area contributed by atoms with Gasteiger partial charge in [0.05, 0.1) is 0 Å². The van der Waals surface area contributed by atoms with Crippen LogP contribution in [0.5, 0.6) is 0 Å². The predicted molar refractivity (Wildman–Crippen MR) is 106 cm³/mol. The molecular formula is C19H28N4O5S. The molecule has 29 heavy (non-hydrogen) atoms. The molecule has 160 valence electrons. The normalized spacial score (nSPS) is 24.8. The lowest BCUT2D eigenvalue weighted by molar-refractivity contribution is -0.137. The summed E-state index contributed by atoms with van der Waals surface area (Å²) in [5.74, 6) is -0.952. The zero-order valence-electron chi connectivity index (χ0n) is 16.8. The van der Waals surface area contributed by atoms with E-state index in [0.29, 0.717) is 38.9 Å². The highest BCUT2D eigenvalue weighted by Crippen LogP contribution is 2.47. The molecule has 1 aromatic rings. The molecule has 2 unspecified atom stereocenters. The first-order valence-electron chi connectivity index (χ1n) is 9.70. The maximum absolute atomic E-state index is 12.8. The highest BCUT2D eigenvalue weighted by Gasteiger charge is 2.55. The van der Waals surface area contributed by atoms with Gasteiger partial charge in [0.15, 0.2) is 0 Å². The molecule has 1 amide bonds. The first kappa shape index (κ1) is 21.7. The summed E-state index contributed by atoms with van der Waals surface area (Å²) in [6.45, 7) is 1.42. The van der Waals surface area contributed by atoms with E-state index in [0.717, 1.165) is 5.56 Å². The average molecular weight is 425 g/mol. The minimum atomic E-state index is -3.57. The van der Waals surface area contributed by atoms with Crippen molar-refractivity contribution in [1.29, 1.82) is 0 Å². The number of carbonyl (C=O) groups excluding carboxylic acids is 1. The molecule has 2 fully saturated rings. The van der Waals surface area contributed by atoms with Crippen molar-refractivity contribution >= 4 is 22.1 Å². The third-order valence-electron chi connectivity index (χ3n) is 6.06. The Morgan fingerprint density at radius 2 is 2.03 bits per heavy atom. The highest BCUT2D eigenvalue weighted by atomic mass is 32.2. The lowest BCUT2D eigenvalue weighted by Gasteiger charge is -2.29. The molecule has 0 aromatic carbocycles. The van der Waals surface area contributed by atoms with Gasteiger partial charge in [0.2, 0.25) is 5.91 Å². The van der Waals surface area contributed by atoms with Crippen LogP contribution in [0.15, 0.2) is 24.5 Å². The topological polar surface area (TPSA) is 111 Å². The van der Waals surface area contributed by atoms with Gasteiger partial charge in [-0.05, 0) is 30.4 Å². The fourth-order valence-corrected chi connectivity index (χ4v) is 5.65. The van der Waals surface area contributed by atoms with Gasteiger partial charge in [-0.1, -0.05) is 6.07 Å². The molecule has 1 aromatic heterocycles. The Kier molecular flexibility index (Phi) is 6.25. The van der Waals surface area contributed by atoms with E-state index in [9.17, 15) is 18.0 Å². The van der Waals surface area contributed by atoms with Gasteiger partial charge in [-0.15, -0.1) is 0 Å². The van der Waals surface area contributed by atoms with E-state index in [2.05, 4.69) is 4.98 Å². The lowest BCUT2D eigenvalue weighted by Crippen LogP contribution is -2.43. The van der Waals surface area contributed by atoms with Gasteiger partial charge in [-0.2, -0.15) is 17.0 Å². The second-order valence-electron chi connectivity index (χ2n) is 8.17. The van der Waals surface area contributed by atoms with E-state index < -0.39 is 21.6 Å². The molecular weight excluding hydrogens is 396 g/mol. The molecule has 1 N–H and O–H groups in total. The number of likely N-dealkylation sites (tertiary alicyclic amines) is 1. The molecule has 2 saturated heterocycles. The SMILES string of the molecule is CN(C)S(=O)(=O)N1CC2CN(C(=O)CCc3cccnc3)CC2(CCC(=O)O)C1. The number of fused-ring (bicyclic) bond motifs is 1. The van der Waals surface area contributed by atoms with E-state index in [1.54, 1.807) is 17.3 Å². The molecule has 0 bridgehead atoms. The molecule has 2 aliphatic heterocycles. The largest absolute Gasteiger partial charge is 0.481 e. The van der Waals surface area contributed by atoms with Crippen molar-refractivity contribution in [2.24, 2.45) is 11.3 Å². The smallest absolute Gasteiger partial charge is 0.303 e. The van der Waals surface area contributed by atoms with Crippen LogP contribution in [-0.2, 0) is 26.2 Å². The Labute approximate surface area is 171 Å². The monoisotopic (exact) mass is 424 g/mol. The summed E-state index contributed by atoms with van der Waals surface area (Å²) in [5, 5.41) is 9.16. The van der Waals surface area contributed by atoms with Gasteiger partial charge in [0, 0.05) is 70.9 Å². The fraction of sp³-hybridized carbons (Fsp3) is 0.632. The van der Waals surface area contributed by atoms with Crippen molar-refractivity contribution in [2.45, 2.75) is 25.7 Å². The summed E-state index contributed by atoms with van der Waals surface area (Å²) < 4.78 is 27.7. The molecule has 2 atom stereocenters. The molecule has 2 aliphatic rings. The number of amides is 1. The number of pyridine rings is 1. The molecule has 10 heteroatoms. The Bertz CT molecular complexity index is 861. The van der Waals surface area contributed by atoms with Gasteiger partial charge >= 0.3 is 5.97 Å². The van der Waals surface area contributed by atoms with E-state index in [1.807, 2.05) is 12.1 Å². The maximum Gasteiger partial charge on any atom is 0.303 e. The van der Waals surface area contributed by atoms with Crippen molar-refractivity contribution in [1.82, 2.24) is 18.5 Å². The van der Waals surface area contributed by atoms with Crippen LogP contribution in [0.3, 0.4) is 0 Å². The Balaban J connectivity index is 1.70. The van der Waals surface area contributed by atoms with Crippen molar-refractivity contribution in [3.63, 3.8) is 0 Å². The van der Waals surface area contributed by atoms with Crippen molar-refractivity contribution in [3.8, 4) is 0 Å². The number of hydrogen-bond donors (Lipinski definition) is 1. The lowest BCUT2D eigenvalue weighted by atomic mass is 9.77. The number of rotatable bonds is 8. The number of aryl methyl sites for hydroxylation is 1. The maximum atomic E-state index is 12.8. The molecule has 3 rings (SSSR count). The van der Waals surface area contributed by atoms with Crippen LogP contribution >= 0.6 is 0 Å². The number of carbonyl (C=O) groups is 2. The van der Waals surface area contributed by atoms with E-state index in [4.69, 9.17) is 5.11 Å². The number of carboxylic acids is 1. The minimum Gasteiger partial charge on any atom is -0.481 e. The molecule has 0 spiro atoms. The molecule has 0 saturated carbocycles. The summed E-state index contributed by atoms with van der Waals surface area (Å²) in [7, 11) is -0.595. The summed E-state index contributed by atoms with van der Waals surface area (Å²) in [6, 6.07) is 3.76. The highest BCUT2D eigenvalue weighted by molar-refractivity contribution is 7.86. The summed E-state index contributed by atoms with van der Waals surface area (Å²) in [5.41, 5.74) is 0.481. The molecule has 3 heterocycles. The van der Waals surface area contributed by atoms with Crippen LogP contribution in [0.4, 0.5) is 0 Å². The van der Waals surface area contributed by atoms with E-state index >= 15 is 0 Å². The first-order valence-corrected chi connectivity index (χ1v) is 11.1. The van der Waals surface area contributed by atoms with Gasteiger partial charge in [-0.25, -0.2) is 0 Å². The number of carboxylic acid groups (broad SMARTS) is 1. The summed E-state index contributed by atoms with van der Waals surface area (Å²) in [4.78, 5) is 29.8. The zero-order chi connectivity index (χ0) is 21.2. The third-order valence-corrected chi connectivity index (χ3v) is 7.91. The predicted octanol–water partition coefficient (Wildman–Crippen LogP) is 0.446. The van der Waals surface area contributed by atoms with Gasteiger partial charge in [0.25, 0.3) is 10.2 Å². The molecule has 0 aliphatic carbocycles. The third kappa shape index (κ3) is 4.59. The van der Waals surface area contributed by atoms with Gasteiger partial charge in [0.1, 0.15) is 0 Å². The van der Waals surface area contributed by atoms with E-state index in [1.165, 1.54) is 22.7 Å². The van der Waals surface area contributed by atoms with Gasteiger partial charge < -0.3 is 10.0 Å². The molecule has 9 nitrogen and oxygen atoms in total. The summed E-state index contributed by atoms with van der Waals surface area (Å²) in [6.07, 6.45) is 4.70. The van der Waals surface area contributed by atoms with Crippen molar-refractivity contribution < 1.29 is 23.1 Å². The Morgan fingerprint density at radius 1 is 1.28 bits per heavy atom. The van der Waals surface area contributed by atoms with Gasteiger partial charge in [-0.3, -0.25) is 14.6 Å². The zero-order valence-corrected chi connectivity index (χ0v) is 17.6. The first-order chi connectivity index (χ1) is 13.6.